The second-order valence-electron chi connectivity index (χ2n) is 4.11. The van der Waals surface area contributed by atoms with Crippen LogP contribution < -0.4 is 5.32 Å². The predicted molar refractivity (Wildman–Crippen MR) is 76.6 cm³/mol. The van der Waals surface area contributed by atoms with Crippen molar-refractivity contribution in [3.05, 3.63) is 20.8 Å². The Morgan fingerprint density at radius 2 is 2.38 bits per heavy atom. The third-order valence-electron chi connectivity index (χ3n) is 2.98. The number of nitrogens with one attached hydrogen (secondary N) is 1. The van der Waals surface area contributed by atoms with Crippen LogP contribution in [0.5, 0.6) is 0 Å². The molecular formula is C11H18BrClN2S. The monoisotopic (exact) mass is 324 g/mol. The molecule has 1 aromatic heterocycles. The highest BCUT2D eigenvalue weighted by molar-refractivity contribution is 9.11. The summed E-state index contributed by atoms with van der Waals surface area (Å²) in [7, 11) is 2.22. The van der Waals surface area contributed by atoms with Crippen molar-refractivity contribution in [1.29, 1.82) is 0 Å². The molecule has 1 aromatic rings. The Labute approximate surface area is 116 Å². The molecule has 1 saturated heterocycles. The van der Waals surface area contributed by atoms with E-state index < -0.39 is 0 Å². The van der Waals surface area contributed by atoms with E-state index in [4.69, 9.17) is 0 Å². The van der Waals surface area contributed by atoms with Crippen LogP contribution in [0.4, 0.5) is 0 Å². The average molecular weight is 326 g/mol. The zero-order valence-electron chi connectivity index (χ0n) is 9.41. The Hall–Kier alpha value is 0.390. The van der Waals surface area contributed by atoms with Crippen molar-refractivity contribution in [2.45, 2.75) is 25.4 Å². The van der Waals surface area contributed by atoms with Gasteiger partial charge in [0.05, 0.1) is 3.79 Å². The van der Waals surface area contributed by atoms with Gasteiger partial charge in [-0.05, 0) is 54.5 Å². The molecule has 1 unspecified atom stereocenters. The molecule has 5 heteroatoms. The molecule has 16 heavy (non-hydrogen) atoms. The Bertz CT molecular complexity index is 319. The molecule has 1 aliphatic rings. The molecule has 0 saturated carbocycles. The molecule has 2 nitrogen and oxygen atoms in total. The minimum absolute atomic E-state index is 0. The maximum Gasteiger partial charge on any atom is 0.0701 e. The predicted octanol–water partition coefficient (Wildman–Crippen LogP) is 3.12. The van der Waals surface area contributed by atoms with Gasteiger partial charge in [0.2, 0.25) is 0 Å². The van der Waals surface area contributed by atoms with Gasteiger partial charge in [-0.3, -0.25) is 0 Å². The minimum atomic E-state index is 0. The van der Waals surface area contributed by atoms with Crippen LogP contribution in [0, 0.1) is 0 Å². The van der Waals surface area contributed by atoms with Gasteiger partial charge in [0, 0.05) is 24.0 Å². The number of thiophene rings is 1. The van der Waals surface area contributed by atoms with Gasteiger partial charge in [-0.2, -0.15) is 0 Å². The second-order valence-corrected chi connectivity index (χ2v) is 6.66. The standard InChI is InChI=1S/C11H17BrN2S.ClH/c1-14-6-2-3-9(14)7-13-8-10-4-5-11(12)15-10;/h4-5,9,13H,2-3,6-8H2,1H3;1H. The van der Waals surface area contributed by atoms with Gasteiger partial charge in [0.1, 0.15) is 0 Å². The normalized spacial score (nSPS) is 21.0. The summed E-state index contributed by atoms with van der Waals surface area (Å²) in [6, 6.07) is 5.04. The van der Waals surface area contributed by atoms with Crippen molar-refractivity contribution in [1.82, 2.24) is 10.2 Å². The first kappa shape index (κ1) is 14.5. The highest BCUT2D eigenvalue weighted by Gasteiger charge is 2.19. The minimum Gasteiger partial charge on any atom is -0.310 e. The number of nitrogens with zero attached hydrogens (tertiary/aromatic N) is 1. The molecule has 2 rings (SSSR count). The number of likely N-dealkylation sites (tertiary alicyclic amines) is 1. The Morgan fingerprint density at radius 1 is 1.56 bits per heavy atom. The van der Waals surface area contributed by atoms with Crippen LogP contribution in [0.3, 0.4) is 0 Å². The highest BCUT2D eigenvalue weighted by atomic mass is 79.9. The Kier molecular flexibility index (Phi) is 6.29. The van der Waals surface area contributed by atoms with E-state index in [1.165, 1.54) is 28.0 Å². The van der Waals surface area contributed by atoms with Gasteiger partial charge < -0.3 is 10.2 Å². The molecule has 0 radical (unpaired) electrons. The van der Waals surface area contributed by atoms with Crippen LogP contribution >= 0.6 is 39.7 Å². The van der Waals surface area contributed by atoms with E-state index >= 15 is 0 Å². The van der Waals surface area contributed by atoms with Crippen molar-refractivity contribution in [3.63, 3.8) is 0 Å². The van der Waals surface area contributed by atoms with E-state index in [9.17, 15) is 0 Å². The van der Waals surface area contributed by atoms with Crippen LogP contribution in [0.1, 0.15) is 17.7 Å². The lowest BCUT2D eigenvalue weighted by Crippen LogP contribution is -2.34. The molecule has 2 heterocycles. The van der Waals surface area contributed by atoms with Crippen LogP contribution in [0.15, 0.2) is 15.9 Å². The lowest BCUT2D eigenvalue weighted by molar-refractivity contribution is 0.300. The van der Waals surface area contributed by atoms with Crippen LogP contribution in [0.2, 0.25) is 0 Å². The second kappa shape index (κ2) is 6.97. The largest absolute Gasteiger partial charge is 0.310 e. The van der Waals surface area contributed by atoms with Crippen molar-refractivity contribution in [2.24, 2.45) is 0 Å². The molecule has 1 aliphatic heterocycles. The first-order chi connectivity index (χ1) is 7.25. The van der Waals surface area contributed by atoms with Gasteiger partial charge >= 0.3 is 0 Å². The molecule has 0 bridgehead atoms. The smallest absolute Gasteiger partial charge is 0.0701 e. The topological polar surface area (TPSA) is 15.3 Å². The summed E-state index contributed by atoms with van der Waals surface area (Å²) in [4.78, 5) is 3.86. The van der Waals surface area contributed by atoms with Gasteiger partial charge in [0.15, 0.2) is 0 Å². The van der Waals surface area contributed by atoms with Gasteiger partial charge in [-0.1, -0.05) is 0 Å². The summed E-state index contributed by atoms with van der Waals surface area (Å²) < 4.78 is 1.22. The van der Waals surface area contributed by atoms with E-state index in [0.29, 0.717) is 0 Å². The molecule has 0 aliphatic carbocycles. The zero-order chi connectivity index (χ0) is 10.7. The van der Waals surface area contributed by atoms with Crippen molar-refractivity contribution in [3.8, 4) is 0 Å². The fourth-order valence-electron chi connectivity index (χ4n) is 2.05. The number of likely N-dealkylation sites (N-methyl/N-ethyl adjacent to an activating group) is 1. The molecule has 1 N–H and O–H groups in total. The number of rotatable bonds is 4. The molecule has 1 atom stereocenters. The quantitative estimate of drug-likeness (QED) is 0.915. The molecule has 92 valence electrons. The van der Waals surface area contributed by atoms with E-state index in [2.05, 4.69) is 45.3 Å². The Morgan fingerprint density at radius 3 is 2.94 bits per heavy atom. The van der Waals surface area contributed by atoms with E-state index in [1.54, 1.807) is 0 Å². The summed E-state index contributed by atoms with van der Waals surface area (Å²) in [6.07, 6.45) is 2.70. The van der Waals surface area contributed by atoms with E-state index in [0.717, 1.165) is 19.1 Å². The molecule has 0 spiro atoms. The van der Waals surface area contributed by atoms with Gasteiger partial charge in [-0.25, -0.2) is 0 Å². The number of hydrogen-bond acceptors (Lipinski definition) is 3. The molecule has 1 fully saturated rings. The SMILES string of the molecule is CN1CCCC1CNCc1ccc(Br)s1.Cl. The summed E-state index contributed by atoms with van der Waals surface area (Å²) >= 11 is 5.29. The lowest BCUT2D eigenvalue weighted by atomic mass is 10.2. The highest BCUT2D eigenvalue weighted by Crippen LogP contribution is 2.22. The van der Waals surface area contributed by atoms with E-state index in [1.807, 2.05) is 11.3 Å². The van der Waals surface area contributed by atoms with Crippen LogP contribution in [-0.2, 0) is 6.54 Å². The first-order valence-corrected chi connectivity index (χ1v) is 7.02. The maximum absolute atomic E-state index is 3.54. The van der Waals surface area contributed by atoms with Gasteiger partial charge in [0.25, 0.3) is 0 Å². The van der Waals surface area contributed by atoms with E-state index in [-0.39, 0.29) is 12.4 Å². The Balaban J connectivity index is 0.00000128. The number of halogens is 2. The summed E-state index contributed by atoms with van der Waals surface area (Å²) in [5.74, 6) is 0. The lowest BCUT2D eigenvalue weighted by Gasteiger charge is -2.19. The fraction of sp³-hybridized carbons (Fsp3) is 0.636. The first-order valence-electron chi connectivity index (χ1n) is 5.41. The molecule has 0 amide bonds. The third kappa shape index (κ3) is 4.00. The fourth-order valence-corrected chi connectivity index (χ4v) is 3.50. The summed E-state index contributed by atoms with van der Waals surface area (Å²) in [5.41, 5.74) is 0. The summed E-state index contributed by atoms with van der Waals surface area (Å²) in [6.45, 7) is 3.38. The maximum atomic E-state index is 3.54. The third-order valence-corrected chi connectivity index (χ3v) is 4.60. The van der Waals surface area contributed by atoms with Crippen molar-refractivity contribution in [2.75, 3.05) is 20.1 Å². The summed E-state index contributed by atoms with van der Waals surface area (Å²) in [5, 5.41) is 3.54. The van der Waals surface area contributed by atoms with Crippen LogP contribution in [0.25, 0.3) is 0 Å². The molecule has 0 aromatic carbocycles. The molecular weight excluding hydrogens is 308 g/mol. The average Bonchev–Trinajstić information content (AvgIpc) is 2.77. The van der Waals surface area contributed by atoms with Crippen LogP contribution in [-0.4, -0.2) is 31.1 Å². The number of hydrogen-bond donors (Lipinski definition) is 1. The zero-order valence-corrected chi connectivity index (χ0v) is 12.6. The van der Waals surface area contributed by atoms with Gasteiger partial charge in [-0.15, -0.1) is 23.7 Å². The van der Waals surface area contributed by atoms with Crippen molar-refractivity contribution >= 4 is 39.7 Å². The van der Waals surface area contributed by atoms with Crippen molar-refractivity contribution < 1.29 is 0 Å².